The number of nitrogens with one attached hydrogen (secondary N) is 1. The Hall–Kier alpha value is -0.940. The normalized spacial score (nSPS) is 36.7. The fourth-order valence-corrected chi connectivity index (χ4v) is 10.2. The highest BCUT2D eigenvalue weighted by molar-refractivity contribution is 8.23. The second-order valence-electron chi connectivity index (χ2n) is 10.7. The van der Waals surface area contributed by atoms with Gasteiger partial charge in [-0.05, 0) is 86.3 Å². The molecule has 4 aliphatic carbocycles. The Labute approximate surface area is 222 Å². The number of anilines is 1. The molecule has 4 saturated carbocycles. The molecule has 1 aromatic rings. The summed E-state index contributed by atoms with van der Waals surface area (Å²) in [5.41, 5.74) is 5.64. The van der Waals surface area contributed by atoms with Gasteiger partial charge in [-0.25, -0.2) is 0 Å². The number of amides is 2. The van der Waals surface area contributed by atoms with Crippen molar-refractivity contribution in [2.24, 2.45) is 28.9 Å². The Balaban J connectivity index is 1.32. The summed E-state index contributed by atoms with van der Waals surface area (Å²) in [5.74, 6) is 0.458. The number of nitrogens with two attached hydrogens (primary N) is 1. The standard InChI is InChI=1S/C23H31Cl3N4O4S/c1-12-2-3-29(21-17(25)6-16(24)7-18(21)26)35(33,34)30(12)11-19(31)28-20-14-4-13-5-15(20)10-23(8-13,9-14)22(27)32/h6-7,12-15,20,33-34H,2-5,8-11H2,1H3,(H2,27,32)(H,28,31). The highest BCUT2D eigenvalue weighted by atomic mass is 35.5. The summed E-state index contributed by atoms with van der Waals surface area (Å²) in [5, 5.41) is 3.94. The molecule has 1 heterocycles. The first-order chi connectivity index (χ1) is 16.4. The first-order valence-electron chi connectivity index (χ1n) is 12.0. The van der Waals surface area contributed by atoms with E-state index >= 15 is 0 Å². The predicted octanol–water partition coefficient (Wildman–Crippen LogP) is 4.92. The third-order valence-electron chi connectivity index (χ3n) is 8.51. The number of carbonyl (C=O) groups excluding carboxylic acids is 2. The van der Waals surface area contributed by atoms with Crippen LogP contribution in [0.4, 0.5) is 5.69 Å². The molecule has 194 valence electrons. The van der Waals surface area contributed by atoms with E-state index in [-0.39, 0.29) is 58.0 Å². The van der Waals surface area contributed by atoms with Crippen molar-refractivity contribution in [3.8, 4) is 0 Å². The molecule has 5 fully saturated rings. The van der Waals surface area contributed by atoms with Crippen LogP contribution in [0.15, 0.2) is 12.1 Å². The molecular weight excluding hydrogens is 535 g/mol. The highest BCUT2D eigenvalue weighted by Crippen LogP contribution is 2.60. The van der Waals surface area contributed by atoms with E-state index in [2.05, 4.69) is 5.32 Å². The lowest BCUT2D eigenvalue weighted by atomic mass is 9.47. The number of rotatable bonds is 5. The van der Waals surface area contributed by atoms with Crippen molar-refractivity contribution in [3.05, 3.63) is 27.2 Å². The minimum absolute atomic E-state index is 0.0235. The lowest BCUT2D eigenvalue weighted by molar-refractivity contribution is -0.147. The first kappa shape index (κ1) is 25.7. The summed E-state index contributed by atoms with van der Waals surface area (Å²) < 4.78 is 25.4. The maximum absolute atomic E-state index is 13.2. The van der Waals surface area contributed by atoms with Gasteiger partial charge < -0.3 is 11.1 Å². The average molecular weight is 566 g/mol. The monoisotopic (exact) mass is 564 g/mol. The Morgan fingerprint density at radius 3 is 2.31 bits per heavy atom. The molecule has 1 aromatic carbocycles. The fourth-order valence-electron chi connectivity index (χ4n) is 7.12. The zero-order chi connectivity index (χ0) is 25.3. The van der Waals surface area contributed by atoms with E-state index in [1.807, 2.05) is 6.92 Å². The van der Waals surface area contributed by atoms with Crippen LogP contribution in [-0.4, -0.2) is 50.4 Å². The molecule has 3 atom stereocenters. The van der Waals surface area contributed by atoms with E-state index in [0.29, 0.717) is 23.9 Å². The summed E-state index contributed by atoms with van der Waals surface area (Å²) in [6, 6.07) is 2.73. The highest BCUT2D eigenvalue weighted by Gasteiger charge is 2.58. The molecule has 2 amide bonds. The Morgan fingerprint density at radius 2 is 1.74 bits per heavy atom. The SMILES string of the molecule is CC1CCN(c2c(Cl)cc(Cl)cc2Cl)S(O)(O)N1CC(=O)NC1C2CC3CC1CC(C(N)=O)(C3)C2. The van der Waals surface area contributed by atoms with E-state index in [1.54, 1.807) is 0 Å². The van der Waals surface area contributed by atoms with E-state index in [0.717, 1.165) is 32.1 Å². The molecule has 1 aliphatic heterocycles. The number of primary amides is 1. The Bertz CT molecular complexity index is 1020. The number of carbonyl (C=O) groups is 2. The number of halogens is 3. The predicted molar refractivity (Wildman–Crippen MR) is 140 cm³/mol. The van der Waals surface area contributed by atoms with Crippen LogP contribution in [0.25, 0.3) is 0 Å². The van der Waals surface area contributed by atoms with Gasteiger partial charge in [-0.2, -0.15) is 4.31 Å². The second-order valence-corrected chi connectivity index (χ2v) is 13.9. The summed E-state index contributed by atoms with van der Waals surface area (Å²) in [7, 11) is -3.57. The molecular formula is C23H31Cl3N4O4S. The number of benzene rings is 1. The summed E-state index contributed by atoms with van der Waals surface area (Å²) in [4.78, 5) is 25.4. The van der Waals surface area contributed by atoms with Gasteiger partial charge in [0.15, 0.2) is 0 Å². The largest absolute Gasteiger partial charge is 0.369 e. The number of nitrogens with zero attached hydrogens (tertiary/aromatic N) is 2. The molecule has 8 nitrogen and oxygen atoms in total. The van der Waals surface area contributed by atoms with Gasteiger partial charge in [-0.3, -0.25) is 23.0 Å². The average Bonchev–Trinajstić information content (AvgIpc) is 2.74. The number of hydrogen-bond donors (Lipinski definition) is 4. The van der Waals surface area contributed by atoms with Gasteiger partial charge in [0.1, 0.15) is 0 Å². The molecule has 1 saturated heterocycles. The smallest absolute Gasteiger partial charge is 0.236 e. The topological polar surface area (TPSA) is 119 Å². The van der Waals surface area contributed by atoms with Crippen LogP contribution in [0.2, 0.25) is 15.1 Å². The Kier molecular flexibility index (Phi) is 6.69. The van der Waals surface area contributed by atoms with Crippen LogP contribution >= 0.6 is 45.8 Å². The van der Waals surface area contributed by atoms with Crippen LogP contribution in [-0.2, 0) is 9.59 Å². The van der Waals surface area contributed by atoms with E-state index in [1.165, 1.54) is 20.7 Å². The lowest BCUT2D eigenvalue weighted by Crippen LogP contribution is -2.63. The molecule has 12 heteroatoms. The molecule has 0 spiro atoms. The molecule has 5 N–H and O–H groups in total. The van der Waals surface area contributed by atoms with E-state index < -0.39 is 16.4 Å². The molecule has 3 unspecified atom stereocenters. The third kappa shape index (κ3) is 4.41. The summed E-state index contributed by atoms with van der Waals surface area (Å²) in [6.07, 6.45) is 4.87. The summed E-state index contributed by atoms with van der Waals surface area (Å²) in [6.45, 7) is 2.00. The zero-order valence-corrected chi connectivity index (χ0v) is 22.5. The maximum Gasteiger partial charge on any atom is 0.236 e. The van der Waals surface area contributed by atoms with Crippen LogP contribution in [0.5, 0.6) is 0 Å². The minimum Gasteiger partial charge on any atom is -0.369 e. The molecule has 0 radical (unpaired) electrons. The van der Waals surface area contributed by atoms with Crippen molar-refractivity contribution < 1.29 is 18.7 Å². The van der Waals surface area contributed by atoms with Crippen molar-refractivity contribution >= 4 is 63.3 Å². The summed E-state index contributed by atoms with van der Waals surface area (Å²) >= 11 is 18.8. The fraction of sp³-hybridized carbons (Fsp3) is 0.652. The van der Waals surface area contributed by atoms with Crippen molar-refractivity contribution in [1.29, 1.82) is 0 Å². The quantitative estimate of drug-likeness (QED) is 0.402. The Morgan fingerprint density at radius 1 is 1.14 bits per heavy atom. The van der Waals surface area contributed by atoms with Gasteiger partial charge in [0, 0.05) is 29.1 Å². The van der Waals surface area contributed by atoms with E-state index in [9.17, 15) is 18.7 Å². The molecule has 4 bridgehead atoms. The lowest BCUT2D eigenvalue weighted by Gasteiger charge is -2.59. The van der Waals surface area contributed by atoms with Gasteiger partial charge >= 0.3 is 0 Å². The van der Waals surface area contributed by atoms with Gasteiger partial charge in [-0.1, -0.05) is 34.8 Å². The van der Waals surface area contributed by atoms with Crippen molar-refractivity contribution in [3.63, 3.8) is 0 Å². The molecule has 6 rings (SSSR count). The van der Waals surface area contributed by atoms with Crippen LogP contribution in [0.3, 0.4) is 0 Å². The second kappa shape index (κ2) is 9.11. The first-order valence-corrected chi connectivity index (χ1v) is 14.6. The zero-order valence-electron chi connectivity index (χ0n) is 19.4. The number of hydrogen-bond acceptors (Lipinski definition) is 6. The molecule has 5 aliphatic rings. The minimum atomic E-state index is -3.57. The van der Waals surface area contributed by atoms with Gasteiger partial charge in [-0.15, -0.1) is 0 Å². The van der Waals surface area contributed by atoms with Crippen LogP contribution < -0.4 is 15.4 Å². The molecule has 0 aromatic heterocycles. The van der Waals surface area contributed by atoms with Crippen molar-refractivity contribution in [2.45, 2.75) is 57.5 Å². The van der Waals surface area contributed by atoms with Crippen LogP contribution in [0.1, 0.15) is 45.4 Å². The van der Waals surface area contributed by atoms with Gasteiger partial charge in [0.25, 0.3) is 0 Å². The van der Waals surface area contributed by atoms with Crippen molar-refractivity contribution in [2.75, 3.05) is 17.4 Å². The maximum atomic E-state index is 13.2. The van der Waals surface area contributed by atoms with Crippen molar-refractivity contribution in [1.82, 2.24) is 9.62 Å². The third-order valence-corrected chi connectivity index (χ3v) is 11.4. The van der Waals surface area contributed by atoms with Gasteiger partial charge in [0.2, 0.25) is 11.8 Å². The van der Waals surface area contributed by atoms with Crippen LogP contribution in [0, 0.1) is 23.2 Å². The molecule has 35 heavy (non-hydrogen) atoms. The van der Waals surface area contributed by atoms with Gasteiger partial charge in [0.05, 0.1) is 22.3 Å². The van der Waals surface area contributed by atoms with E-state index in [4.69, 9.17) is 40.5 Å².